The van der Waals surface area contributed by atoms with Crippen molar-refractivity contribution in [2.45, 2.75) is 12.2 Å². The first kappa shape index (κ1) is 7.06. The molecule has 1 N–H and O–H groups in total. The third-order valence-corrected chi connectivity index (χ3v) is 2.15. The number of carbonyl (C=O) groups excluding carboxylic acids is 1. The smallest absolute Gasteiger partial charge is 0.250 e. The second-order valence-corrected chi connectivity index (χ2v) is 3.21. The summed E-state index contributed by atoms with van der Waals surface area (Å²) in [6, 6.07) is 0. The normalized spacial score (nSPS) is 38.5. The van der Waals surface area contributed by atoms with Gasteiger partial charge in [0.2, 0.25) is 0 Å². The number of fused-ring (bicyclic) bond motifs is 2. The van der Waals surface area contributed by atoms with Crippen LogP contribution in [0.15, 0.2) is 0 Å². The summed E-state index contributed by atoms with van der Waals surface area (Å²) >= 11 is 0. The van der Waals surface area contributed by atoms with Gasteiger partial charge in [-0.15, -0.1) is 0 Å². The van der Waals surface area contributed by atoms with Crippen LogP contribution in [0.1, 0.15) is 0 Å². The Labute approximate surface area is 65.5 Å². The molecule has 2 rings (SSSR count). The van der Waals surface area contributed by atoms with Gasteiger partial charge in [-0.05, 0) is 7.05 Å². The van der Waals surface area contributed by atoms with E-state index in [-0.39, 0.29) is 18.1 Å². The molecule has 2 saturated heterocycles. The number of nitrogens with one attached hydrogen (secondary N) is 1. The minimum absolute atomic E-state index is 0.0350. The molecule has 2 bridgehead atoms. The molecule has 0 radical (unpaired) electrons. The summed E-state index contributed by atoms with van der Waals surface area (Å²) in [5, 5.41) is 2.81. The van der Waals surface area contributed by atoms with Crippen LogP contribution in [0.3, 0.4) is 0 Å². The summed E-state index contributed by atoms with van der Waals surface area (Å²) in [7, 11) is 2.02. The van der Waals surface area contributed by atoms with Crippen molar-refractivity contribution in [3.63, 3.8) is 0 Å². The molecule has 0 aromatic heterocycles. The molecule has 2 aliphatic heterocycles. The third-order valence-electron chi connectivity index (χ3n) is 2.15. The maximum Gasteiger partial charge on any atom is 0.250 e. The predicted molar refractivity (Wildman–Crippen MR) is 39.2 cm³/mol. The largest absolute Gasteiger partial charge is 0.361 e. The van der Waals surface area contributed by atoms with Crippen LogP contribution >= 0.6 is 0 Å². The number of carbonyl (C=O) groups is 1. The van der Waals surface area contributed by atoms with E-state index in [1.54, 1.807) is 0 Å². The van der Waals surface area contributed by atoms with Crippen LogP contribution in [0.5, 0.6) is 0 Å². The van der Waals surface area contributed by atoms with Crippen LogP contribution in [0.2, 0.25) is 0 Å². The van der Waals surface area contributed by atoms with Crippen molar-refractivity contribution in [1.82, 2.24) is 10.2 Å². The number of amides is 1. The van der Waals surface area contributed by atoms with Gasteiger partial charge in [0.05, 0.1) is 6.10 Å². The highest BCUT2D eigenvalue weighted by Crippen LogP contribution is 2.12. The molecule has 2 heterocycles. The molecule has 4 nitrogen and oxygen atoms in total. The monoisotopic (exact) mass is 156 g/mol. The Hall–Kier alpha value is -0.610. The van der Waals surface area contributed by atoms with E-state index in [2.05, 4.69) is 10.2 Å². The fraction of sp³-hybridized carbons (Fsp3) is 0.857. The van der Waals surface area contributed by atoms with Crippen molar-refractivity contribution < 1.29 is 9.53 Å². The lowest BCUT2D eigenvalue weighted by atomic mass is 10.1. The fourth-order valence-electron chi connectivity index (χ4n) is 1.61. The molecular formula is C7H12N2O2. The molecule has 2 fully saturated rings. The number of rotatable bonds is 0. The molecule has 2 aliphatic rings. The Bertz CT molecular complexity index is 181. The first-order valence-corrected chi connectivity index (χ1v) is 3.87. The van der Waals surface area contributed by atoms with Crippen molar-refractivity contribution in [2.24, 2.45) is 0 Å². The number of hydrogen-bond acceptors (Lipinski definition) is 3. The maximum absolute atomic E-state index is 11.1. The van der Waals surface area contributed by atoms with E-state index in [0.29, 0.717) is 6.54 Å². The first-order valence-electron chi connectivity index (χ1n) is 3.87. The van der Waals surface area contributed by atoms with Gasteiger partial charge >= 0.3 is 0 Å². The summed E-state index contributed by atoms with van der Waals surface area (Å²) in [5.74, 6) is 0.0350. The van der Waals surface area contributed by atoms with Crippen LogP contribution < -0.4 is 5.32 Å². The minimum Gasteiger partial charge on any atom is -0.361 e. The summed E-state index contributed by atoms with van der Waals surface area (Å²) in [5.41, 5.74) is 0. The van der Waals surface area contributed by atoms with E-state index in [1.807, 2.05) is 7.05 Å². The van der Waals surface area contributed by atoms with Gasteiger partial charge in [-0.1, -0.05) is 0 Å². The lowest BCUT2D eigenvalue weighted by Gasteiger charge is -2.39. The van der Waals surface area contributed by atoms with Gasteiger partial charge in [0.1, 0.15) is 6.10 Å². The highest BCUT2D eigenvalue weighted by atomic mass is 16.5. The van der Waals surface area contributed by atoms with Crippen molar-refractivity contribution in [3.8, 4) is 0 Å². The molecule has 0 unspecified atom stereocenters. The van der Waals surface area contributed by atoms with Crippen LogP contribution in [-0.4, -0.2) is 49.7 Å². The number of morpholine rings is 2. The molecule has 1 amide bonds. The van der Waals surface area contributed by atoms with Crippen molar-refractivity contribution in [2.75, 3.05) is 26.7 Å². The average molecular weight is 156 g/mol. The average Bonchev–Trinajstić information content (AvgIpc) is 1.97. The molecule has 4 heteroatoms. The third kappa shape index (κ3) is 1.23. The Morgan fingerprint density at radius 2 is 2.45 bits per heavy atom. The zero-order chi connectivity index (χ0) is 7.84. The molecule has 11 heavy (non-hydrogen) atoms. The van der Waals surface area contributed by atoms with Crippen LogP contribution in [-0.2, 0) is 9.53 Å². The SMILES string of the molecule is CN1C[C@@H]2CNC(=O)[C@@H](C1)O2. The van der Waals surface area contributed by atoms with E-state index in [9.17, 15) is 4.79 Å². The summed E-state index contributed by atoms with van der Waals surface area (Å²) in [4.78, 5) is 13.2. The van der Waals surface area contributed by atoms with E-state index < -0.39 is 0 Å². The summed E-state index contributed by atoms with van der Waals surface area (Å²) < 4.78 is 5.45. The second kappa shape index (κ2) is 2.46. The van der Waals surface area contributed by atoms with E-state index in [4.69, 9.17) is 4.74 Å². The Morgan fingerprint density at radius 1 is 1.64 bits per heavy atom. The molecule has 0 aromatic rings. The van der Waals surface area contributed by atoms with E-state index in [1.165, 1.54) is 0 Å². The summed E-state index contributed by atoms with van der Waals surface area (Å²) in [6.07, 6.45) is -0.0241. The molecule has 62 valence electrons. The van der Waals surface area contributed by atoms with Crippen molar-refractivity contribution in [3.05, 3.63) is 0 Å². The van der Waals surface area contributed by atoms with Crippen molar-refractivity contribution in [1.29, 1.82) is 0 Å². The molecule has 2 atom stereocenters. The number of hydrogen-bond donors (Lipinski definition) is 1. The van der Waals surface area contributed by atoms with Gasteiger partial charge in [0.15, 0.2) is 0 Å². The minimum atomic E-state index is -0.229. The highest BCUT2D eigenvalue weighted by Gasteiger charge is 2.34. The van der Waals surface area contributed by atoms with Crippen LogP contribution in [0, 0.1) is 0 Å². The quantitative estimate of drug-likeness (QED) is 0.480. The lowest BCUT2D eigenvalue weighted by molar-refractivity contribution is -0.155. The number of likely N-dealkylation sites (N-methyl/N-ethyl adjacent to an activating group) is 1. The first-order chi connectivity index (χ1) is 5.25. The van der Waals surface area contributed by atoms with E-state index >= 15 is 0 Å². The van der Waals surface area contributed by atoms with Gasteiger partial charge in [-0.2, -0.15) is 0 Å². The van der Waals surface area contributed by atoms with Crippen LogP contribution in [0.4, 0.5) is 0 Å². The molecule has 0 saturated carbocycles. The highest BCUT2D eigenvalue weighted by molar-refractivity contribution is 5.81. The molecular weight excluding hydrogens is 144 g/mol. The molecule has 0 aromatic carbocycles. The van der Waals surface area contributed by atoms with E-state index in [0.717, 1.165) is 13.1 Å². The van der Waals surface area contributed by atoms with Gasteiger partial charge in [0.25, 0.3) is 5.91 Å². The zero-order valence-corrected chi connectivity index (χ0v) is 6.54. The van der Waals surface area contributed by atoms with Gasteiger partial charge < -0.3 is 15.0 Å². The topological polar surface area (TPSA) is 41.6 Å². The number of nitrogens with zero attached hydrogens (tertiary/aromatic N) is 1. The molecule has 0 spiro atoms. The maximum atomic E-state index is 11.1. The lowest BCUT2D eigenvalue weighted by Crippen LogP contribution is -2.60. The Morgan fingerprint density at radius 3 is 3.27 bits per heavy atom. The second-order valence-electron chi connectivity index (χ2n) is 3.21. The van der Waals surface area contributed by atoms with Gasteiger partial charge in [-0.25, -0.2) is 0 Å². The number of ether oxygens (including phenoxy) is 1. The van der Waals surface area contributed by atoms with Crippen LogP contribution in [0.25, 0.3) is 0 Å². The predicted octanol–water partition coefficient (Wildman–Crippen LogP) is -1.18. The zero-order valence-electron chi connectivity index (χ0n) is 6.54. The van der Waals surface area contributed by atoms with Crippen molar-refractivity contribution >= 4 is 5.91 Å². The molecule has 0 aliphatic carbocycles. The van der Waals surface area contributed by atoms with Gasteiger partial charge in [0, 0.05) is 19.6 Å². The standard InChI is InChI=1S/C7H12N2O2/c1-9-3-5-2-8-7(10)6(4-9)11-5/h5-6H,2-4H2,1H3,(H,8,10)/t5-,6+/m0/s1. The van der Waals surface area contributed by atoms with Gasteiger partial charge in [-0.3, -0.25) is 4.79 Å². The summed E-state index contributed by atoms with van der Waals surface area (Å²) in [6.45, 7) is 2.32. The Balaban J connectivity index is 2.08. The Kier molecular flexibility index (Phi) is 1.58. The fourth-order valence-corrected chi connectivity index (χ4v) is 1.61.